The third-order valence-corrected chi connectivity index (χ3v) is 6.63. The largest absolute Gasteiger partial charge is 0.326 e. The number of nitrogens with zero attached hydrogens (tertiary/aromatic N) is 3. The molecule has 0 saturated heterocycles. The summed E-state index contributed by atoms with van der Waals surface area (Å²) in [5.41, 5.74) is 4.41. The van der Waals surface area contributed by atoms with E-state index in [-0.39, 0.29) is 5.75 Å². The molecule has 1 aliphatic carbocycles. The van der Waals surface area contributed by atoms with Gasteiger partial charge in [-0.1, -0.05) is 13.0 Å². The van der Waals surface area contributed by atoms with Gasteiger partial charge in [0.05, 0.1) is 21.7 Å². The number of sulfone groups is 1. The molecule has 3 aromatic rings. The summed E-state index contributed by atoms with van der Waals surface area (Å²) in [5.74, 6) is 1.10. The number of hydrogen-bond donors (Lipinski definition) is 0. The molecule has 130 valence electrons. The molecular formula is C19H21N3O2S. The van der Waals surface area contributed by atoms with E-state index in [0.717, 1.165) is 35.0 Å². The molecule has 1 aliphatic rings. The number of benzene rings is 1. The van der Waals surface area contributed by atoms with E-state index in [0.29, 0.717) is 22.3 Å². The Morgan fingerprint density at radius 2 is 2.00 bits per heavy atom. The molecule has 1 saturated carbocycles. The van der Waals surface area contributed by atoms with Gasteiger partial charge in [0.1, 0.15) is 5.69 Å². The molecule has 1 fully saturated rings. The smallest absolute Gasteiger partial charge is 0.180 e. The maximum absolute atomic E-state index is 12.7. The van der Waals surface area contributed by atoms with Crippen LogP contribution >= 0.6 is 0 Å². The van der Waals surface area contributed by atoms with Gasteiger partial charge in [-0.15, -0.1) is 0 Å². The Bertz CT molecular complexity index is 1080. The Morgan fingerprint density at radius 1 is 1.24 bits per heavy atom. The number of fused-ring (bicyclic) bond motifs is 1. The second-order valence-electron chi connectivity index (χ2n) is 6.78. The third kappa shape index (κ3) is 2.74. The van der Waals surface area contributed by atoms with Crippen LogP contribution in [0.1, 0.15) is 36.8 Å². The Morgan fingerprint density at radius 3 is 2.68 bits per heavy atom. The molecule has 2 heterocycles. The van der Waals surface area contributed by atoms with Gasteiger partial charge in [-0.25, -0.2) is 13.4 Å². The fourth-order valence-corrected chi connectivity index (χ4v) is 4.25. The first-order chi connectivity index (χ1) is 11.9. The lowest BCUT2D eigenvalue weighted by atomic mass is 10.2. The summed E-state index contributed by atoms with van der Waals surface area (Å²) in [6, 6.07) is 7.85. The number of imidazole rings is 1. The van der Waals surface area contributed by atoms with Gasteiger partial charge >= 0.3 is 0 Å². The lowest BCUT2D eigenvalue weighted by molar-refractivity contribution is 0.597. The first-order valence-electron chi connectivity index (χ1n) is 8.57. The Hall–Kier alpha value is -2.21. The van der Waals surface area contributed by atoms with Crippen LogP contribution in [0.2, 0.25) is 0 Å². The number of hydrogen-bond acceptors (Lipinski definition) is 4. The van der Waals surface area contributed by atoms with Gasteiger partial charge in [-0.2, -0.15) is 0 Å². The van der Waals surface area contributed by atoms with Gasteiger partial charge in [0.2, 0.25) is 0 Å². The lowest BCUT2D eigenvalue weighted by Gasteiger charge is -2.10. The molecule has 1 aromatic carbocycles. The molecule has 25 heavy (non-hydrogen) atoms. The zero-order valence-electron chi connectivity index (χ0n) is 14.7. The minimum atomic E-state index is -3.38. The van der Waals surface area contributed by atoms with Gasteiger partial charge in [-0.05, 0) is 55.0 Å². The van der Waals surface area contributed by atoms with Crippen LogP contribution < -0.4 is 0 Å². The van der Waals surface area contributed by atoms with Crippen LogP contribution in [0.3, 0.4) is 0 Å². The maximum Gasteiger partial charge on any atom is 0.180 e. The predicted octanol–water partition coefficient (Wildman–Crippen LogP) is 3.61. The van der Waals surface area contributed by atoms with Crippen molar-refractivity contribution in [1.82, 2.24) is 14.5 Å². The van der Waals surface area contributed by atoms with Crippen LogP contribution in [-0.2, 0) is 16.9 Å². The molecule has 0 unspecified atom stereocenters. The molecule has 4 rings (SSSR count). The summed E-state index contributed by atoms with van der Waals surface area (Å²) < 4.78 is 27.3. The summed E-state index contributed by atoms with van der Waals surface area (Å²) in [4.78, 5) is 9.52. The number of aryl methyl sites for hydroxylation is 2. The van der Waals surface area contributed by atoms with Crippen molar-refractivity contribution in [2.45, 2.75) is 37.5 Å². The Balaban J connectivity index is 1.97. The summed E-state index contributed by atoms with van der Waals surface area (Å²) in [6.45, 7) is 3.69. The second kappa shape index (κ2) is 5.66. The molecule has 0 bridgehead atoms. The number of rotatable bonds is 4. The van der Waals surface area contributed by atoms with E-state index >= 15 is 0 Å². The highest BCUT2D eigenvalue weighted by molar-refractivity contribution is 7.91. The zero-order valence-corrected chi connectivity index (χ0v) is 15.5. The molecule has 0 amide bonds. The topological polar surface area (TPSA) is 64.8 Å². The quantitative estimate of drug-likeness (QED) is 0.717. The van der Waals surface area contributed by atoms with Crippen molar-refractivity contribution in [3.05, 3.63) is 41.6 Å². The van der Waals surface area contributed by atoms with Crippen LogP contribution in [-0.4, -0.2) is 28.7 Å². The molecule has 0 atom stereocenters. The SMILES string of the molecule is CCS(=O)(=O)c1cc(C2CC2)cnc1-c1nc2cc(C)ccc2n1C. The lowest BCUT2D eigenvalue weighted by Crippen LogP contribution is -2.09. The monoisotopic (exact) mass is 355 g/mol. The summed E-state index contributed by atoms with van der Waals surface area (Å²) >= 11 is 0. The van der Waals surface area contributed by atoms with E-state index in [2.05, 4.69) is 9.97 Å². The molecule has 0 spiro atoms. The molecule has 0 aliphatic heterocycles. The van der Waals surface area contributed by atoms with Gasteiger partial charge in [0.15, 0.2) is 15.7 Å². The van der Waals surface area contributed by atoms with E-state index in [1.165, 1.54) is 0 Å². The molecular weight excluding hydrogens is 334 g/mol. The van der Waals surface area contributed by atoms with E-state index < -0.39 is 9.84 Å². The van der Waals surface area contributed by atoms with Gasteiger partial charge in [0.25, 0.3) is 0 Å². The maximum atomic E-state index is 12.7. The van der Waals surface area contributed by atoms with Crippen LogP contribution in [0.15, 0.2) is 35.4 Å². The highest BCUT2D eigenvalue weighted by atomic mass is 32.2. The van der Waals surface area contributed by atoms with E-state index in [9.17, 15) is 8.42 Å². The van der Waals surface area contributed by atoms with Gasteiger partial charge < -0.3 is 4.57 Å². The van der Waals surface area contributed by atoms with E-state index in [4.69, 9.17) is 0 Å². The van der Waals surface area contributed by atoms with Crippen LogP contribution in [0.5, 0.6) is 0 Å². The van der Waals surface area contributed by atoms with Crippen molar-refractivity contribution in [1.29, 1.82) is 0 Å². The van der Waals surface area contributed by atoms with Crippen LogP contribution in [0, 0.1) is 6.92 Å². The zero-order chi connectivity index (χ0) is 17.8. The number of pyridine rings is 1. The van der Waals surface area contributed by atoms with Crippen molar-refractivity contribution in [2.24, 2.45) is 7.05 Å². The Kier molecular flexibility index (Phi) is 3.68. The number of aromatic nitrogens is 3. The molecule has 2 aromatic heterocycles. The molecule has 0 N–H and O–H groups in total. The fraction of sp³-hybridized carbons (Fsp3) is 0.368. The highest BCUT2D eigenvalue weighted by Gasteiger charge is 2.28. The first-order valence-corrected chi connectivity index (χ1v) is 10.2. The third-order valence-electron chi connectivity index (χ3n) is 4.89. The van der Waals surface area contributed by atoms with Gasteiger partial charge in [0, 0.05) is 13.2 Å². The van der Waals surface area contributed by atoms with Crippen molar-refractivity contribution in [3.63, 3.8) is 0 Å². The molecule has 0 radical (unpaired) electrons. The summed E-state index contributed by atoms with van der Waals surface area (Å²) in [5, 5.41) is 0. The minimum Gasteiger partial charge on any atom is -0.326 e. The standard InChI is InChI=1S/C19H21N3O2S/c1-4-25(23,24)17-10-14(13-6-7-13)11-20-18(17)19-21-15-9-12(2)5-8-16(15)22(19)3/h5,8-11,13H,4,6-7H2,1-3H3. The van der Waals surface area contributed by atoms with Gasteiger partial charge in [-0.3, -0.25) is 4.98 Å². The van der Waals surface area contributed by atoms with Crippen LogP contribution in [0.4, 0.5) is 0 Å². The average molecular weight is 355 g/mol. The minimum absolute atomic E-state index is 0.0544. The highest BCUT2D eigenvalue weighted by Crippen LogP contribution is 2.41. The Labute approximate surface area is 147 Å². The molecule has 6 heteroatoms. The normalized spacial score (nSPS) is 15.0. The first kappa shape index (κ1) is 16.3. The van der Waals surface area contributed by atoms with E-state index in [1.807, 2.05) is 49.0 Å². The summed E-state index contributed by atoms with van der Waals surface area (Å²) in [6.07, 6.45) is 4.03. The average Bonchev–Trinajstić information content (AvgIpc) is 3.39. The predicted molar refractivity (Wildman–Crippen MR) is 98.4 cm³/mol. The molecule has 5 nitrogen and oxygen atoms in total. The van der Waals surface area contributed by atoms with Crippen molar-refractivity contribution < 1.29 is 8.42 Å². The van der Waals surface area contributed by atoms with Crippen molar-refractivity contribution in [2.75, 3.05) is 5.75 Å². The van der Waals surface area contributed by atoms with Crippen molar-refractivity contribution in [3.8, 4) is 11.5 Å². The second-order valence-corrected chi connectivity index (χ2v) is 9.03. The summed E-state index contributed by atoms with van der Waals surface area (Å²) in [7, 11) is -1.48. The fourth-order valence-electron chi connectivity index (χ4n) is 3.18. The van der Waals surface area contributed by atoms with Crippen LogP contribution in [0.25, 0.3) is 22.6 Å². The van der Waals surface area contributed by atoms with Crippen molar-refractivity contribution >= 4 is 20.9 Å². The van der Waals surface area contributed by atoms with E-state index in [1.54, 1.807) is 6.92 Å².